The SMILES string of the molecule is COc1cc(OC)cc(C(=O)NNC(=O)c2cc(C)n(-c3ccccc3)c2C)c1. The van der Waals surface area contributed by atoms with Gasteiger partial charge in [0.25, 0.3) is 11.8 Å². The average molecular weight is 393 g/mol. The highest BCUT2D eigenvalue weighted by Crippen LogP contribution is 2.23. The van der Waals surface area contributed by atoms with Gasteiger partial charge in [0.1, 0.15) is 11.5 Å². The zero-order chi connectivity index (χ0) is 21.0. The molecule has 0 saturated carbocycles. The highest BCUT2D eigenvalue weighted by atomic mass is 16.5. The second-order valence-corrected chi connectivity index (χ2v) is 6.47. The zero-order valence-corrected chi connectivity index (χ0v) is 16.8. The molecule has 150 valence electrons. The molecule has 0 aliphatic rings. The summed E-state index contributed by atoms with van der Waals surface area (Å²) in [6.45, 7) is 3.79. The molecule has 0 saturated heterocycles. The van der Waals surface area contributed by atoms with Crippen molar-refractivity contribution in [2.75, 3.05) is 14.2 Å². The van der Waals surface area contributed by atoms with E-state index in [1.54, 1.807) is 24.3 Å². The van der Waals surface area contributed by atoms with Crippen LogP contribution in [0.4, 0.5) is 0 Å². The number of rotatable bonds is 5. The first-order valence-electron chi connectivity index (χ1n) is 9.02. The standard InChI is InChI=1S/C22H23N3O4/c1-14-10-20(15(2)25(14)17-8-6-5-7-9-17)22(27)24-23-21(26)16-11-18(28-3)13-19(12-16)29-4/h5-13H,1-4H3,(H,23,26)(H,24,27). The van der Waals surface area contributed by atoms with E-state index in [4.69, 9.17) is 9.47 Å². The number of hydrogen-bond acceptors (Lipinski definition) is 4. The molecule has 0 aliphatic heterocycles. The molecule has 0 unspecified atom stereocenters. The minimum absolute atomic E-state index is 0.302. The number of carbonyl (C=O) groups excluding carboxylic acids is 2. The quantitative estimate of drug-likeness (QED) is 0.653. The summed E-state index contributed by atoms with van der Waals surface area (Å²) >= 11 is 0. The minimum Gasteiger partial charge on any atom is -0.497 e. The third-order valence-electron chi connectivity index (χ3n) is 4.59. The fraction of sp³-hybridized carbons (Fsp3) is 0.182. The minimum atomic E-state index is -0.479. The predicted octanol–water partition coefficient (Wildman–Crippen LogP) is 3.19. The first-order valence-corrected chi connectivity index (χ1v) is 9.02. The molecular formula is C22H23N3O4. The van der Waals surface area contributed by atoms with Gasteiger partial charge in [0, 0.05) is 28.7 Å². The molecule has 29 heavy (non-hydrogen) atoms. The number of benzene rings is 2. The van der Waals surface area contributed by atoms with Crippen LogP contribution in [-0.2, 0) is 0 Å². The van der Waals surface area contributed by atoms with Gasteiger partial charge in [0.05, 0.1) is 19.8 Å². The van der Waals surface area contributed by atoms with Crippen molar-refractivity contribution < 1.29 is 19.1 Å². The molecule has 3 rings (SSSR count). The second-order valence-electron chi connectivity index (χ2n) is 6.47. The Bertz CT molecular complexity index is 1020. The maximum Gasteiger partial charge on any atom is 0.271 e. The van der Waals surface area contributed by atoms with Crippen LogP contribution >= 0.6 is 0 Å². The van der Waals surface area contributed by atoms with E-state index in [9.17, 15) is 9.59 Å². The van der Waals surface area contributed by atoms with Crippen LogP contribution in [0.3, 0.4) is 0 Å². The molecule has 0 atom stereocenters. The molecule has 0 bridgehead atoms. The second kappa shape index (κ2) is 8.52. The number of aryl methyl sites for hydroxylation is 1. The summed E-state index contributed by atoms with van der Waals surface area (Å²) in [5.74, 6) is 0.0791. The topological polar surface area (TPSA) is 81.6 Å². The molecule has 1 aromatic heterocycles. The Morgan fingerprint density at radius 3 is 2.00 bits per heavy atom. The lowest BCUT2D eigenvalue weighted by Crippen LogP contribution is -2.41. The van der Waals surface area contributed by atoms with Gasteiger partial charge >= 0.3 is 0 Å². The van der Waals surface area contributed by atoms with Gasteiger partial charge < -0.3 is 14.0 Å². The van der Waals surface area contributed by atoms with Crippen molar-refractivity contribution in [3.63, 3.8) is 0 Å². The Kier molecular flexibility index (Phi) is 5.87. The van der Waals surface area contributed by atoms with Crippen LogP contribution in [0.1, 0.15) is 32.1 Å². The zero-order valence-electron chi connectivity index (χ0n) is 16.8. The van der Waals surface area contributed by atoms with Gasteiger partial charge in [-0.2, -0.15) is 0 Å². The average Bonchev–Trinajstić information content (AvgIpc) is 3.05. The van der Waals surface area contributed by atoms with Crippen LogP contribution in [0.5, 0.6) is 11.5 Å². The van der Waals surface area contributed by atoms with Crippen molar-refractivity contribution in [2.45, 2.75) is 13.8 Å². The highest BCUT2D eigenvalue weighted by molar-refractivity contribution is 6.00. The summed E-state index contributed by atoms with van der Waals surface area (Å²) in [5.41, 5.74) is 8.36. The van der Waals surface area contributed by atoms with Crippen molar-refractivity contribution in [3.8, 4) is 17.2 Å². The molecule has 3 aromatic rings. The Labute approximate surface area is 169 Å². The number of para-hydroxylation sites is 1. The van der Waals surface area contributed by atoms with E-state index in [1.807, 2.05) is 48.7 Å². The molecule has 2 N–H and O–H groups in total. The van der Waals surface area contributed by atoms with E-state index in [2.05, 4.69) is 10.9 Å². The van der Waals surface area contributed by atoms with Crippen molar-refractivity contribution >= 4 is 11.8 Å². The molecule has 2 amide bonds. The molecule has 0 spiro atoms. The maximum absolute atomic E-state index is 12.7. The molecule has 0 fully saturated rings. The molecular weight excluding hydrogens is 370 g/mol. The van der Waals surface area contributed by atoms with Crippen molar-refractivity contribution in [3.05, 3.63) is 77.1 Å². The van der Waals surface area contributed by atoms with E-state index < -0.39 is 11.8 Å². The number of aromatic nitrogens is 1. The third kappa shape index (κ3) is 4.24. The third-order valence-corrected chi connectivity index (χ3v) is 4.59. The van der Waals surface area contributed by atoms with Crippen LogP contribution in [0.25, 0.3) is 5.69 Å². The lowest BCUT2D eigenvalue weighted by Gasteiger charge is -2.11. The van der Waals surface area contributed by atoms with Gasteiger partial charge in [-0.3, -0.25) is 20.4 Å². The van der Waals surface area contributed by atoms with Gasteiger partial charge in [-0.15, -0.1) is 0 Å². The van der Waals surface area contributed by atoms with Gasteiger partial charge in [-0.05, 0) is 44.2 Å². The molecule has 0 aliphatic carbocycles. The molecule has 2 aromatic carbocycles. The monoisotopic (exact) mass is 393 g/mol. The summed E-state index contributed by atoms with van der Waals surface area (Å²) in [5, 5.41) is 0. The van der Waals surface area contributed by atoms with Gasteiger partial charge in [0.2, 0.25) is 0 Å². The van der Waals surface area contributed by atoms with Crippen LogP contribution in [-0.4, -0.2) is 30.6 Å². The first-order chi connectivity index (χ1) is 13.9. The number of hydrazine groups is 1. The summed E-state index contributed by atoms with van der Waals surface area (Å²) in [4.78, 5) is 25.1. The molecule has 7 nitrogen and oxygen atoms in total. The summed E-state index contributed by atoms with van der Waals surface area (Å²) in [7, 11) is 3.00. The number of carbonyl (C=O) groups is 2. The Morgan fingerprint density at radius 2 is 1.41 bits per heavy atom. The van der Waals surface area contributed by atoms with Crippen molar-refractivity contribution in [1.29, 1.82) is 0 Å². The van der Waals surface area contributed by atoms with Gasteiger partial charge in [0.15, 0.2) is 0 Å². The molecule has 7 heteroatoms. The fourth-order valence-corrected chi connectivity index (χ4v) is 3.16. The Balaban J connectivity index is 1.76. The summed E-state index contributed by atoms with van der Waals surface area (Å²) < 4.78 is 12.3. The summed E-state index contributed by atoms with van der Waals surface area (Å²) in [6.07, 6.45) is 0. The lowest BCUT2D eigenvalue weighted by atomic mass is 10.2. The fourth-order valence-electron chi connectivity index (χ4n) is 3.16. The largest absolute Gasteiger partial charge is 0.497 e. The first kappa shape index (κ1) is 20.0. The summed E-state index contributed by atoms with van der Waals surface area (Å²) in [6, 6.07) is 16.3. The molecule has 0 radical (unpaired) electrons. The van der Waals surface area contributed by atoms with E-state index in [0.717, 1.165) is 17.1 Å². The van der Waals surface area contributed by atoms with Crippen molar-refractivity contribution in [2.24, 2.45) is 0 Å². The number of nitrogens with zero attached hydrogens (tertiary/aromatic N) is 1. The van der Waals surface area contributed by atoms with E-state index in [1.165, 1.54) is 14.2 Å². The number of amides is 2. The maximum atomic E-state index is 12.7. The Hall–Kier alpha value is -3.74. The van der Waals surface area contributed by atoms with Crippen molar-refractivity contribution in [1.82, 2.24) is 15.4 Å². The predicted molar refractivity (Wildman–Crippen MR) is 110 cm³/mol. The highest BCUT2D eigenvalue weighted by Gasteiger charge is 2.18. The van der Waals surface area contributed by atoms with Gasteiger partial charge in [-0.1, -0.05) is 18.2 Å². The number of nitrogens with one attached hydrogen (secondary N) is 2. The number of hydrogen-bond donors (Lipinski definition) is 2. The Morgan fingerprint density at radius 1 is 0.828 bits per heavy atom. The lowest BCUT2D eigenvalue weighted by molar-refractivity contribution is 0.0846. The van der Waals surface area contributed by atoms with E-state index >= 15 is 0 Å². The van der Waals surface area contributed by atoms with E-state index in [-0.39, 0.29) is 0 Å². The van der Waals surface area contributed by atoms with E-state index in [0.29, 0.717) is 22.6 Å². The van der Waals surface area contributed by atoms with Crippen LogP contribution < -0.4 is 20.3 Å². The normalized spacial score (nSPS) is 10.3. The smallest absolute Gasteiger partial charge is 0.271 e. The van der Waals surface area contributed by atoms with Crippen LogP contribution in [0, 0.1) is 13.8 Å². The van der Waals surface area contributed by atoms with Crippen LogP contribution in [0.2, 0.25) is 0 Å². The molecule has 1 heterocycles. The van der Waals surface area contributed by atoms with Gasteiger partial charge in [-0.25, -0.2) is 0 Å². The van der Waals surface area contributed by atoms with Crippen LogP contribution in [0.15, 0.2) is 54.6 Å². The number of methoxy groups -OCH3 is 2. The number of ether oxygens (including phenoxy) is 2.